The molecular weight excluding hydrogens is 288 g/mol. The van der Waals surface area contributed by atoms with Gasteiger partial charge in [0.05, 0.1) is 6.04 Å². The van der Waals surface area contributed by atoms with Gasteiger partial charge in [-0.25, -0.2) is 0 Å². The lowest BCUT2D eigenvalue weighted by molar-refractivity contribution is -0.123. The molecule has 1 atom stereocenters. The average molecular weight is 312 g/mol. The number of carbonyl (C=O) groups is 1. The van der Waals surface area contributed by atoms with Gasteiger partial charge in [0.25, 0.3) is 5.91 Å². The molecule has 0 saturated heterocycles. The van der Waals surface area contributed by atoms with Gasteiger partial charge in [-0.1, -0.05) is 32.9 Å². The van der Waals surface area contributed by atoms with Crippen molar-refractivity contribution in [2.45, 2.75) is 39.2 Å². The molecule has 0 saturated carbocycles. The van der Waals surface area contributed by atoms with Crippen molar-refractivity contribution in [3.8, 4) is 5.75 Å². The largest absolute Gasteiger partial charge is 0.484 e. The molecule has 4 heteroatoms. The summed E-state index contributed by atoms with van der Waals surface area (Å²) in [5, 5.41) is 2.91. The Morgan fingerprint density at radius 2 is 1.74 bits per heavy atom. The zero-order chi connectivity index (χ0) is 16.9. The van der Waals surface area contributed by atoms with Crippen LogP contribution in [0.5, 0.6) is 5.75 Å². The first-order chi connectivity index (χ1) is 10.9. The Kier molecular flexibility index (Phi) is 5.37. The van der Waals surface area contributed by atoms with Crippen molar-refractivity contribution in [3.63, 3.8) is 0 Å². The van der Waals surface area contributed by atoms with Crippen LogP contribution in [0.3, 0.4) is 0 Å². The van der Waals surface area contributed by atoms with Gasteiger partial charge in [-0.15, -0.1) is 0 Å². The number of aromatic nitrogens is 1. The summed E-state index contributed by atoms with van der Waals surface area (Å²) in [6.07, 6.45) is 3.43. The zero-order valence-corrected chi connectivity index (χ0v) is 14.2. The maximum Gasteiger partial charge on any atom is 0.258 e. The first-order valence-electron chi connectivity index (χ1n) is 7.79. The van der Waals surface area contributed by atoms with E-state index in [0.29, 0.717) is 5.75 Å². The Bertz CT molecular complexity index is 631. The van der Waals surface area contributed by atoms with E-state index in [1.165, 1.54) is 5.56 Å². The van der Waals surface area contributed by atoms with Crippen LogP contribution in [0.25, 0.3) is 0 Å². The molecule has 1 aromatic carbocycles. The molecule has 2 aromatic rings. The number of hydrogen-bond acceptors (Lipinski definition) is 3. The predicted molar refractivity (Wildman–Crippen MR) is 91.4 cm³/mol. The standard InChI is InChI=1S/C19H24N2O2/c1-14(15-9-11-20-12-10-15)21-18(22)13-23-17-7-5-16(6-8-17)19(2,3)4/h5-12,14H,13H2,1-4H3,(H,21,22). The molecule has 4 nitrogen and oxygen atoms in total. The highest BCUT2D eigenvalue weighted by atomic mass is 16.5. The van der Waals surface area contributed by atoms with Crippen molar-refractivity contribution in [1.29, 1.82) is 0 Å². The quantitative estimate of drug-likeness (QED) is 0.917. The number of ether oxygens (including phenoxy) is 1. The second-order valence-electron chi connectivity index (χ2n) is 6.63. The van der Waals surface area contributed by atoms with E-state index >= 15 is 0 Å². The molecule has 0 fully saturated rings. The molecule has 0 spiro atoms. The van der Waals surface area contributed by atoms with E-state index in [0.717, 1.165) is 5.56 Å². The number of carbonyl (C=O) groups excluding carboxylic acids is 1. The fraction of sp³-hybridized carbons (Fsp3) is 0.368. The lowest BCUT2D eigenvalue weighted by Gasteiger charge is -2.19. The first-order valence-corrected chi connectivity index (χ1v) is 7.79. The predicted octanol–water partition coefficient (Wildman–Crippen LogP) is 3.64. The normalized spacial score (nSPS) is 12.5. The number of nitrogens with one attached hydrogen (secondary N) is 1. The Morgan fingerprint density at radius 3 is 2.30 bits per heavy atom. The molecule has 1 aromatic heterocycles. The van der Waals surface area contributed by atoms with E-state index in [-0.39, 0.29) is 24.0 Å². The van der Waals surface area contributed by atoms with Crippen molar-refractivity contribution in [2.75, 3.05) is 6.61 Å². The maximum absolute atomic E-state index is 12.0. The summed E-state index contributed by atoms with van der Waals surface area (Å²) >= 11 is 0. The van der Waals surface area contributed by atoms with Gasteiger partial charge < -0.3 is 10.1 Å². The fourth-order valence-electron chi connectivity index (χ4n) is 2.22. The SMILES string of the molecule is CC(NC(=O)COc1ccc(C(C)(C)C)cc1)c1ccncc1. The highest BCUT2D eigenvalue weighted by Gasteiger charge is 2.13. The van der Waals surface area contributed by atoms with Crippen LogP contribution in [0.1, 0.15) is 44.9 Å². The Hall–Kier alpha value is -2.36. The number of nitrogens with zero attached hydrogens (tertiary/aromatic N) is 1. The van der Waals surface area contributed by atoms with Crippen LogP contribution in [0.15, 0.2) is 48.8 Å². The van der Waals surface area contributed by atoms with Crippen molar-refractivity contribution < 1.29 is 9.53 Å². The molecule has 0 bridgehead atoms. The molecule has 1 heterocycles. The van der Waals surface area contributed by atoms with Crippen molar-refractivity contribution >= 4 is 5.91 Å². The van der Waals surface area contributed by atoms with Gasteiger partial charge in [0.15, 0.2) is 6.61 Å². The Morgan fingerprint density at radius 1 is 1.13 bits per heavy atom. The van der Waals surface area contributed by atoms with E-state index in [1.54, 1.807) is 12.4 Å². The van der Waals surface area contributed by atoms with Gasteiger partial charge in [-0.05, 0) is 47.7 Å². The first kappa shape index (κ1) is 17.0. The number of pyridine rings is 1. The van der Waals surface area contributed by atoms with Gasteiger partial charge in [0, 0.05) is 12.4 Å². The number of benzene rings is 1. The van der Waals surface area contributed by atoms with Gasteiger partial charge in [0.1, 0.15) is 5.75 Å². The molecule has 23 heavy (non-hydrogen) atoms. The second kappa shape index (κ2) is 7.27. The highest BCUT2D eigenvalue weighted by Crippen LogP contribution is 2.24. The van der Waals surface area contributed by atoms with Crippen molar-refractivity contribution in [2.24, 2.45) is 0 Å². The van der Waals surface area contributed by atoms with Crippen LogP contribution >= 0.6 is 0 Å². The van der Waals surface area contributed by atoms with E-state index in [2.05, 4.69) is 31.1 Å². The summed E-state index contributed by atoms with van der Waals surface area (Å²) in [4.78, 5) is 15.9. The minimum Gasteiger partial charge on any atom is -0.484 e. The van der Waals surface area contributed by atoms with Crippen LogP contribution in [-0.2, 0) is 10.2 Å². The van der Waals surface area contributed by atoms with E-state index in [9.17, 15) is 4.79 Å². The molecule has 122 valence electrons. The van der Waals surface area contributed by atoms with Crippen LogP contribution in [-0.4, -0.2) is 17.5 Å². The van der Waals surface area contributed by atoms with E-state index in [1.807, 2.05) is 43.3 Å². The molecule has 0 aliphatic rings. The van der Waals surface area contributed by atoms with Gasteiger partial charge >= 0.3 is 0 Å². The molecule has 0 radical (unpaired) electrons. The topological polar surface area (TPSA) is 51.2 Å². The smallest absolute Gasteiger partial charge is 0.258 e. The van der Waals surface area contributed by atoms with E-state index in [4.69, 9.17) is 4.74 Å². The number of rotatable bonds is 5. The van der Waals surface area contributed by atoms with Gasteiger partial charge in [-0.2, -0.15) is 0 Å². The lowest BCUT2D eigenvalue weighted by atomic mass is 9.87. The van der Waals surface area contributed by atoms with Crippen LogP contribution in [0.4, 0.5) is 0 Å². The molecule has 2 rings (SSSR count). The minimum atomic E-state index is -0.144. The summed E-state index contributed by atoms with van der Waals surface area (Å²) in [6, 6.07) is 11.6. The van der Waals surface area contributed by atoms with Crippen molar-refractivity contribution in [1.82, 2.24) is 10.3 Å². The summed E-state index contributed by atoms with van der Waals surface area (Å²) in [6.45, 7) is 8.43. The van der Waals surface area contributed by atoms with Gasteiger partial charge in [0.2, 0.25) is 0 Å². The third-order valence-electron chi connectivity index (χ3n) is 3.67. The molecule has 1 amide bonds. The molecule has 1 N–H and O–H groups in total. The number of amides is 1. The molecule has 0 aliphatic heterocycles. The number of hydrogen-bond donors (Lipinski definition) is 1. The Labute approximate surface area is 137 Å². The molecule has 0 aliphatic carbocycles. The average Bonchev–Trinajstić information content (AvgIpc) is 2.53. The lowest BCUT2D eigenvalue weighted by Crippen LogP contribution is -2.31. The second-order valence-corrected chi connectivity index (χ2v) is 6.63. The van der Waals surface area contributed by atoms with Crippen molar-refractivity contribution in [3.05, 3.63) is 59.9 Å². The van der Waals surface area contributed by atoms with Crippen LogP contribution in [0, 0.1) is 0 Å². The molecular formula is C19H24N2O2. The maximum atomic E-state index is 12.0. The highest BCUT2D eigenvalue weighted by molar-refractivity contribution is 5.78. The minimum absolute atomic E-state index is 0.00425. The summed E-state index contributed by atoms with van der Waals surface area (Å²) in [5.41, 5.74) is 2.36. The summed E-state index contributed by atoms with van der Waals surface area (Å²) in [5.74, 6) is 0.555. The van der Waals surface area contributed by atoms with Gasteiger partial charge in [-0.3, -0.25) is 9.78 Å². The molecule has 1 unspecified atom stereocenters. The summed E-state index contributed by atoms with van der Waals surface area (Å²) in [7, 11) is 0. The van der Waals surface area contributed by atoms with E-state index < -0.39 is 0 Å². The summed E-state index contributed by atoms with van der Waals surface area (Å²) < 4.78 is 5.55. The monoisotopic (exact) mass is 312 g/mol. The zero-order valence-electron chi connectivity index (χ0n) is 14.2. The third kappa shape index (κ3) is 5.09. The van der Waals surface area contributed by atoms with Crippen LogP contribution in [0.2, 0.25) is 0 Å². The Balaban J connectivity index is 1.85. The fourth-order valence-corrected chi connectivity index (χ4v) is 2.22. The van der Waals surface area contributed by atoms with Crippen LogP contribution < -0.4 is 10.1 Å². The third-order valence-corrected chi connectivity index (χ3v) is 3.67.